The van der Waals surface area contributed by atoms with E-state index in [1.165, 1.54) is 0 Å². The summed E-state index contributed by atoms with van der Waals surface area (Å²) in [4.78, 5) is 24.2. The molecule has 0 fully saturated rings. The SMILES string of the molecule is CCOC(=O)Cc1ccc(Oc2ccc(NC(=O)c3cc4cc(C#N)ccc4o3)cc2)c(Cl)c1. The number of ether oxygens (including phenoxy) is 2. The van der Waals surface area contributed by atoms with Crippen molar-refractivity contribution in [3.05, 3.63) is 88.6 Å². The zero-order chi connectivity index (χ0) is 24.1. The average Bonchev–Trinajstić information content (AvgIpc) is 3.26. The van der Waals surface area contributed by atoms with Gasteiger partial charge < -0.3 is 19.2 Å². The lowest BCUT2D eigenvalue weighted by Crippen LogP contribution is -2.10. The molecule has 1 aromatic heterocycles. The van der Waals surface area contributed by atoms with Crippen LogP contribution in [0.25, 0.3) is 11.0 Å². The number of halogens is 1. The van der Waals surface area contributed by atoms with Gasteiger partial charge in [-0.15, -0.1) is 0 Å². The van der Waals surface area contributed by atoms with E-state index in [0.717, 1.165) is 5.56 Å². The molecule has 1 N–H and O–H groups in total. The number of amides is 1. The molecule has 34 heavy (non-hydrogen) atoms. The highest BCUT2D eigenvalue weighted by molar-refractivity contribution is 6.32. The number of rotatable bonds is 7. The zero-order valence-corrected chi connectivity index (χ0v) is 18.9. The van der Waals surface area contributed by atoms with E-state index >= 15 is 0 Å². The van der Waals surface area contributed by atoms with E-state index in [-0.39, 0.29) is 18.2 Å². The first kappa shape index (κ1) is 22.9. The maximum absolute atomic E-state index is 12.6. The molecular weight excluding hydrogens is 456 g/mol. The lowest BCUT2D eigenvalue weighted by Gasteiger charge is -2.10. The topological polar surface area (TPSA) is 102 Å². The molecule has 0 aliphatic carbocycles. The molecule has 0 unspecified atom stereocenters. The Hall–Kier alpha value is -4.28. The normalized spacial score (nSPS) is 10.5. The Labute approximate surface area is 200 Å². The van der Waals surface area contributed by atoms with Crippen molar-refractivity contribution in [3.63, 3.8) is 0 Å². The zero-order valence-electron chi connectivity index (χ0n) is 18.1. The van der Waals surface area contributed by atoms with Crippen LogP contribution in [0.2, 0.25) is 5.02 Å². The molecule has 7 nitrogen and oxygen atoms in total. The first-order chi connectivity index (χ1) is 16.4. The summed E-state index contributed by atoms with van der Waals surface area (Å²) in [5.41, 5.74) is 2.29. The Morgan fingerprint density at radius 2 is 1.85 bits per heavy atom. The van der Waals surface area contributed by atoms with Crippen LogP contribution in [0.1, 0.15) is 28.6 Å². The molecule has 0 bridgehead atoms. The van der Waals surface area contributed by atoms with E-state index < -0.39 is 5.91 Å². The van der Waals surface area contributed by atoms with Crippen molar-refractivity contribution >= 4 is 40.1 Å². The molecule has 0 saturated heterocycles. The van der Waals surface area contributed by atoms with E-state index in [4.69, 9.17) is 30.8 Å². The van der Waals surface area contributed by atoms with E-state index in [2.05, 4.69) is 11.4 Å². The molecule has 1 amide bonds. The number of nitrogens with zero attached hydrogens (tertiary/aromatic N) is 1. The minimum absolute atomic E-state index is 0.132. The number of hydrogen-bond acceptors (Lipinski definition) is 6. The maximum atomic E-state index is 12.6. The summed E-state index contributed by atoms with van der Waals surface area (Å²) in [5.74, 6) is 0.360. The molecule has 3 aromatic carbocycles. The van der Waals surface area contributed by atoms with Crippen molar-refractivity contribution < 1.29 is 23.5 Å². The third-order valence-corrected chi connectivity index (χ3v) is 5.15. The quantitative estimate of drug-likeness (QED) is 0.324. The molecule has 0 aliphatic heterocycles. The van der Waals surface area contributed by atoms with Gasteiger partial charge in [0.25, 0.3) is 5.91 Å². The van der Waals surface area contributed by atoms with Crippen molar-refractivity contribution in [1.82, 2.24) is 0 Å². The number of fused-ring (bicyclic) bond motifs is 1. The van der Waals surface area contributed by atoms with Gasteiger partial charge in [0, 0.05) is 11.1 Å². The summed E-state index contributed by atoms with van der Waals surface area (Å²) in [7, 11) is 0. The highest BCUT2D eigenvalue weighted by Crippen LogP contribution is 2.31. The van der Waals surface area contributed by atoms with Crippen LogP contribution in [-0.4, -0.2) is 18.5 Å². The fraction of sp³-hybridized carbons (Fsp3) is 0.115. The van der Waals surface area contributed by atoms with E-state index in [1.54, 1.807) is 73.7 Å². The third kappa shape index (κ3) is 5.37. The number of carbonyl (C=O) groups is 2. The second kappa shape index (κ2) is 10.1. The van der Waals surface area contributed by atoms with Gasteiger partial charge in [-0.05, 0) is 73.2 Å². The molecule has 1 heterocycles. The van der Waals surface area contributed by atoms with Crippen LogP contribution in [0.3, 0.4) is 0 Å². The van der Waals surface area contributed by atoms with Crippen LogP contribution >= 0.6 is 11.6 Å². The number of nitrogens with one attached hydrogen (secondary N) is 1. The fourth-order valence-electron chi connectivity index (χ4n) is 3.27. The Balaban J connectivity index is 1.40. The van der Waals surface area contributed by atoms with Gasteiger partial charge in [0.2, 0.25) is 0 Å². The van der Waals surface area contributed by atoms with Crippen molar-refractivity contribution in [3.8, 4) is 17.6 Å². The van der Waals surface area contributed by atoms with E-state index in [1.807, 2.05) is 0 Å². The molecule has 0 saturated carbocycles. The Bertz CT molecular complexity index is 1400. The summed E-state index contributed by atoms with van der Waals surface area (Å²) >= 11 is 6.30. The minimum atomic E-state index is -0.413. The number of anilines is 1. The molecule has 0 aliphatic rings. The first-order valence-corrected chi connectivity index (χ1v) is 10.8. The first-order valence-electron chi connectivity index (χ1n) is 10.4. The van der Waals surface area contributed by atoms with Gasteiger partial charge in [-0.1, -0.05) is 17.7 Å². The molecular formula is C26H19ClN2O5. The highest BCUT2D eigenvalue weighted by atomic mass is 35.5. The van der Waals surface area contributed by atoms with Gasteiger partial charge >= 0.3 is 5.97 Å². The molecule has 4 aromatic rings. The Kier molecular flexibility index (Phi) is 6.81. The smallest absolute Gasteiger partial charge is 0.310 e. The second-order valence-corrected chi connectivity index (χ2v) is 7.71. The largest absolute Gasteiger partial charge is 0.466 e. The molecule has 0 spiro atoms. The summed E-state index contributed by atoms with van der Waals surface area (Å²) < 4.78 is 16.3. The van der Waals surface area contributed by atoms with Crippen molar-refractivity contribution in [2.24, 2.45) is 0 Å². The maximum Gasteiger partial charge on any atom is 0.310 e. The monoisotopic (exact) mass is 474 g/mol. The Morgan fingerprint density at radius 1 is 1.06 bits per heavy atom. The van der Waals surface area contributed by atoms with E-state index in [9.17, 15) is 9.59 Å². The Morgan fingerprint density at radius 3 is 2.56 bits per heavy atom. The van der Waals surface area contributed by atoms with Gasteiger partial charge in [0.1, 0.15) is 17.1 Å². The van der Waals surface area contributed by atoms with Gasteiger partial charge in [-0.25, -0.2) is 0 Å². The number of esters is 1. The van der Waals surface area contributed by atoms with Crippen LogP contribution in [0.15, 0.2) is 71.1 Å². The summed E-state index contributed by atoms with van der Waals surface area (Å²) in [6.07, 6.45) is 0.132. The lowest BCUT2D eigenvalue weighted by molar-refractivity contribution is -0.142. The minimum Gasteiger partial charge on any atom is -0.466 e. The third-order valence-electron chi connectivity index (χ3n) is 4.86. The highest BCUT2D eigenvalue weighted by Gasteiger charge is 2.14. The van der Waals surface area contributed by atoms with Crippen LogP contribution in [0.5, 0.6) is 11.5 Å². The molecule has 170 valence electrons. The lowest BCUT2D eigenvalue weighted by atomic mass is 10.1. The average molecular weight is 475 g/mol. The molecule has 4 rings (SSSR count). The molecule has 0 atom stereocenters. The molecule has 8 heteroatoms. The van der Waals surface area contributed by atoms with Gasteiger partial charge in [0.05, 0.1) is 29.7 Å². The number of nitriles is 1. The van der Waals surface area contributed by atoms with Crippen molar-refractivity contribution in [2.75, 3.05) is 11.9 Å². The van der Waals surface area contributed by atoms with Crippen LogP contribution in [0, 0.1) is 11.3 Å². The van der Waals surface area contributed by atoms with Crippen LogP contribution in [-0.2, 0) is 16.0 Å². The molecule has 0 radical (unpaired) electrons. The summed E-state index contributed by atoms with van der Waals surface area (Å²) in [5, 5.41) is 12.8. The summed E-state index contributed by atoms with van der Waals surface area (Å²) in [6.45, 7) is 2.08. The fourth-order valence-corrected chi connectivity index (χ4v) is 3.51. The van der Waals surface area contributed by atoms with Crippen molar-refractivity contribution in [1.29, 1.82) is 5.26 Å². The number of carbonyl (C=O) groups excluding carboxylic acids is 2. The second-order valence-electron chi connectivity index (χ2n) is 7.30. The van der Waals surface area contributed by atoms with Crippen LogP contribution in [0.4, 0.5) is 5.69 Å². The number of furan rings is 1. The van der Waals surface area contributed by atoms with E-state index in [0.29, 0.717) is 45.3 Å². The number of benzene rings is 3. The van der Waals surface area contributed by atoms with Crippen molar-refractivity contribution in [2.45, 2.75) is 13.3 Å². The van der Waals surface area contributed by atoms with Gasteiger partial charge in [-0.3, -0.25) is 9.59 Å². The number of hydrogen-bond donors (Lipinski definition) is 1. The summed E-state index contributed by atoms with van der Waals surface area (Å²) in [6, 6.07) is 20.5. The van der Waals surface area contributed by atoms with Gasteiger partial charge in [-0.2, -0.15) is 5.26 Å². The van der Waals surface area contributed by atoms with Gasteiger partial charge in [0.15, 0.2) is 5.76 Å². The van der Waals surface area contributed by atoms with Crippen LogP contribution < -0.4 is 10.1 Å². The predicted molar refractivity (Wildman–Crippen MR) is 127 cm³/mol. The standard InChI is InChI=1S/C26H19ClN2O5/c1-2-32-25(30)13-16-3-10-23(21(27)12-16)33-20-7-5-19(6-8-20)29-26(31)24-14-18-11-17(15-28)4-9-22(18)34-24/h3-12,14H,2,13H2,1H3,(H,29,31). The predicted octanol–water partition coefficient (Wildman–Crippen LogP) is 6.11.